The van der Waals surface area contributed by atoms with E-state index in [2.05, 4.69) is 16.2 Å². The number of carbonyl (C=O) groups is 2. The zero-order valence-electron chi connectivity index (χ0n) is 15.0. The SMILES string of the molecule is COc1ccc(/C=C/C(=O)NC(=S)NNC(=O)c2ccc(Cl)c([N+](=O)[O-])c2)cc1. The highest BCUT2D eigenvalue weighted by Crippen LogP contribution is 2.24. The van der Waals surface area contributed by atoms with Crippen molar-refractivity contribution in [1.82, 2.24) is 16.2 Å². The number of carbonyl (C=O) groups excluding carboxylic acids is 2. The van der Waals surface area contributed by atoms with Crippen molar-refractivity contribution in [1.29, 1.82) is 0 Å². The highest BCUT2D eigenvalue weighted by atomic mass is 35.5. The molecule has 0 unspecified atom stereocenters. The molecule has 3 N–H and O–H groups in total. The second-order valence-electron chi connectivity index (χ2n) is 5.43. The standard InChI is InChI=1S/C18H15ClN4O5S/c1-28-13-6-2-11(3-7-13)4-9-16(24)20-18(29)22-21-17(25)12-5-8-14(19)15(10-12)23(26)27/h2-10H,1H3,(H,21,25)(H2,20,22,24,29)/b9-4+. The molecule has 29 heavy (non-hydrogen) atoms. The van der Waals surface area contributed by atoms with Crippen LogP contribution in [0.3, 0.4) is 0 Å². The molecule has 0 saturated carbocycles. The van der Waals surface area contributed by atoms with E-state index in [4.69, 9.17) is 28.6 Å². The smallest absolute Gasteiger partial charge is 0.288 e. The highest BCUT2D eigenvalue weighted by molar-refractivity contribution is 7.80. The van der Waals surface area contributed by atoms with E-state index in [9.17, 15) is 19.7 Å². The van der Waals surface area contributed by atoms with Gasteiger partial charge in [-0.3, -0.25) is 35.9 Å². The van der Waals surface area contributed by atoms with Crippen LogP contribution in [0.2, 0.25) is 5.02 Å². The minimum Gasteiger partial charge on any atom is -0.497 e. The minimum atomic E-state index is -0.702. The van der Waals surface area contributed by atoms with E-state index >= 15 is 0 Å². The minimum absolute atomic E-state index is 0.0119. The number of nitrogens with one attached hydrogen (secondary N) is 3. The molecular weight excluding hydrogens is 420 g/mol. The van der Waals surface area contributed by atoms with Gasteiger partial charge in [-0.1, -0.05) is 23.7 Å². The number of thiocarbonyl (C=S) groups is 1. The molecule has 0 aliphatic heterocycles. The fraction of sp³-hybridized carbons (Fsp3) is 0.0556. The summed E-state index contributed by atoms with van der Waals surface area (Å²) in [6, 6.07) is 10.6. The zero-order valence-corrected chi connectivity index (χ0v) is 16.5. The number of benzene rings is 2. The van der Waals surface area contributed by atoms with Gasteiger partial charge in [-0.25, -0.2) is 0 Å². The summed E-state index contributed by atoms with van der Waals surface area (Å²) in [5.41, 5.74) is 4.92. The van der Waals surface area contributed by atoms with Gasteiger partial charge in [-0.15, -0.1) is 0 Å². The lowest BCUT2D eigenvalue weighted by atomic mass is 10.2. The van der Waals surface area contributed by atoms with Gasteiger partial charge >= 0.3 is 0 Å². The summed E-state index contributed by atoms with van der Waals surface area (Å²) in [5, 5.41) is 13.0. The molecule has 9 nitrogen and oxygen atoms in total. The van der Waals surface area contributed by atoms with Crippen LogP contribution < -0.4 is 20.9 Å². The van der Waals surface area contributed by atoms with Gasteiger partial charge in [0.1, 0.15) is 10.8 Å². The molecule has 2 aromatic rings. The normalized spacial score (nSPS) is 10.3. The first kappa shape index (κ1) is 21.8. The summed E-state index contributed by atoms with van der Waals surface area (Å²) in [5.74, 6) is -0.524. The molecule has 2 aromatic carbocycles. The first-order valence-corrected chi connectivity index (χ1v) is 8.76. The topological polar surface area (TPSA) is 123 Å². The predicted octanol–water partition coefficient (Wildman–Crippen LogP) is 2.61. The van der Waals surface area contributed by atoms with Gasteiger partial charge in [0.25, 0.3) is 11.6 Å². The largest absolute Gasteiger partial charge is 0.497 e. The summed E-state index contributed by atoms with van der Waals surface area (Å²) < 4.78 is 5.05. The van der Waals surface area contributed by atoms with Crippen LogP contribution in [-0.4, -0.2) is 29.0 Å². The van der Waals surface area contributed by atoms with Gasteiger partial charge in [0.15, 0.2) is 5.11 Å². The Morgan fingerprint density at radius 2 is 1.86 bits per heavy atom. The summed E-state index contributed by atoms with van der Waals surface area (Å²) in [6.45, 7) is 0. The number of ether oxygens (including phenoxy) is 1. The molecule has 2 amide bonds. The van der Waals surface area contributed by atoms with Crippen molar-refractivity contribution < 1.29 is 19.2 Å². The van der Waals surface area contributed by atoms with Crippen molar-refractivity contribution in [3.05, 3.63) is 74.8 Å². The van der Waals surface area contributed by atoms with Crippen LogP contribution in [0.1, 0.15) is 15.9 Å². The predicted molar refractivity (Wildman–Crippen MR) is 111 cm³/mol. The van der Waals surface area contributed by atoms with Crippen LogP contribution >= 0.6 is 23.8 Å². The van der Waals surface area contributed by atoms with Crippen LogP contribution in [0, 0.1) is 10.1 Å². The van der Waals surface area contributed by atoms with E-state index in [1.165, 1.54) is 18.2 Å². The first-order chi connectivity index (χ1) is 13.8. The number of hydrogen-bond acceptors (Lipinski definition) is 6. The Bertz CT molecular complexity index is 979. The molecule has 0 saturated heterocycles. The summed E-state index contributed by atoms with van der Waals surface area (Å²) in [4.78, 5) is 34.1. The zero-order chi connectivity index (χ0) is 21.4. The lowest BCUT2D eigenvalue weighted by molar-refractivity contribution is -0.384. The molecule has 11 heteroatoms. The molecule has 2 rings (SSSR count). The average molecular weight is 435 g/mol. The van der Waals surface area contributed by atoms with Gasteiger partial charge < -0.3 is 4.74 Å². The van der Waals surface area contributed by atoms with Crippen molar-refractivity contribution in [3.63, 3.8) is 0 Å². The number of rotatable bonds is 5. The third-order valence-electron chi connectivity index (χ3n) is 3.47. The van der Waals surface area contributed by atoms with Gasteiger partial charge in [-0.05, 0) is 48.1 Å². The van der Waals surface area contributed by atoms with Gasteiger partial charge in [-0.2, -0.15) is 0 Å². The molecule has 0 fully saturated rings. The molecule has 0 heterocycles. The van der Waals surface area contributed by atoms with Crippen LogP contribution in [0.25, 0.3) is 6.08 Å². The summed E-state index contributed by atoms with van der Waals surface area (Å²) >= 11 is 10.6. The quantitative estimate of drug-likeness (QED) is 0.286. The van der Waals surface area contributed by atoms with Crippen LogP contribution in [0.15, 0.2) is 48.5 Å². The van der Waals surface area contributed by atoms with Crippen LogP contribution in [-0.2, 0) is 4.79 Å². The van der Waals surface area contributed by atoms with Crippen molar-refractivity contribution in [2.75, 3.05) is 7.11 Å². The van der Waals surface area contributed by atoms with E-state index in [1.54, 1.807) is 37.5 Å². The maximum atomic E-state index is 12.0. The van der Waals surface area contributed by atoms with E-state index < -0.39 is 22.4 Å². The number of amides is 2. The maximum absolute atomic E-state index is 12.0. The number of nitro benzene ring substituents is 1. The molecule has 0 aromatic heterocycles. The van der Waals surface area contributed by atoms with E-state index in [0.29, 0.717) is 5.75 Å². The Morgan fingerprint density at radius 3 is 2.48 bits per heavy atom. The molecule has 0 spiro atoms. The number of hydrazine groups is 1. The molecular formula is C18H15ClN4O5S. The molecule has 0 aliphatic carbocycles. The second-order valence-corrected chi connectivity index (χ2v) is 6.24. The van der Waals surface area contributed by atoms with Crippen LogP contribution in [0.5, 0.6) is 5.75 Å². The van der Waals surface area contributed by atoms with Crippen molar-refractivity contribution in [2.24, 2.45) is 0 Å². The molecule has 150 valence electrons. The van der Waals surface area contributed by atoms with E-state index in [-0.39, 0.29) is 15.7 Å². The Hall–Kier alpha value is -3.50. The van der Waals surface area contributed by atoms with Gasteiger partial charge in [0, 0.05) is 17.7 Å². The lowest BCUT2D eigenvalue weighted by Gasteiger charge is -2.09. The van der Waals surface area contributed by atoms with Gasteiger partial charge in [0.05, 0.1) is 12.0 Å². The molecule has 0 atom stereocenters. The van der Waals surface area contributed by atoms with Crippen molar-refractivity contribution in [2.45, 2.75) is 0 Å². The van der Waals surface area contributed by atoms with Crippen molar-refractivity contribution in [3.8, 4) is 5.75 Å². The number of hydrogen-bond donors (Lipinski definition) is 3. The third kappa shape index (κ3) is 6.55. The molecule has 0 bridgehead atoms. The second kappa shape index (κ2) is 10.2. The number of nitrogens with zero attached hydrogens (tertiary/aromatic N) is 1. The Kier molecular flexibility index (Phi) is 7.63. The summed E-state index contributed by atoms with van der Waals surface area (Å²) in [6.07, 6.45) is 2.84. The Balaban J connectivity index is 1.86. The maximum Gasteiger partial charge on any atom is 0.288 e. The van der Waals surface area contributed by atoms with Gasteiger partial charge in [0.2, 0.25) is 5.91 Å². The van der Waals surface area contributed by atoms with Crippen molar-refractivity contribution >= 4 is 52.5 Å². The van der Waals surface area contributed by atoms with Crippen LogP contribution in [0.4, 0.5) is 5.69 Å². The highest BCUT2D eigenvalue weighted by Gasteiger charge is 2.16. The lowest BCUT2D eigenvalue weighted by Crippen LogP contribution is -2.48. The fourth-order valence-corrected chi connectivity index (χ4v) is 2.39. The summed E-state index contributed by atoms with van der Waals surface area (Å²) in [7, 11) is 1.55. The molecule has 0 aliphatic rings. The molecule has 0 radical (unpaired) electrons. The van der Waals surface area contributed by atoms with E-state index in [1.807, 2.05) is 0 Å². The number of halogens is 1. The Morgan fingerprint density at radius 1 is 1.17 bits per heavy atom. The number of nitro groups is 1. The fourth-order valence-electron chi connectivity index (χ4n) is 2.05. The number of methoxy groups -OCH3 is 1. The third-order valence-corrected chi connectivity index (χ3v) is 4.00. The first-order valence-electron chi connectivity index (χ1n) is 7.97. The Labute approximate surface area is 175 Å². The monoisotopic (exact) mass is 434 g/mol. The van der Waals surface area contributed by atoms with E-state index in [0.717, 1.165) is 11.6 Å². The average Bonchev–Trinajstić information content (AvgIpc) is 2.71.